The van der Waals surface area contributed by atoms with Crippen LogP contribution in [0, 0.1) is 5.82 Å². The number of hydrogen-bond donors (Lipinski definition) is 2. The Morgan fingerprint density at radius 2 is 2.25 bits per heavy atom. The second-order valence-electron chi connectivity index (χ2n) is 3.39. The Morgan fingerprint density at radius 3 is 2.81 bits per heavy atom. The van der Waals surface area contributed by atoms with Gasteiger partial charge in [-0.2, -0.15) is 0 Å². The summed E-state index contributed by atoms with van der Waals surface area (Å²) in [5.74, 6) is -0.653. The van der Waals surface area contributed by atoms with Crippen molar-refractivity contribution in [2.24, 2.45) is 5.73 Å². The molecule has 0 aliphatic rings. The van der Waals surface area contributed by atoms with Gasteiger partial charge in [-0.25, -0.2) is 4.39 Å². The fourth-order valence-electron chi connectivity index (χ4n) is 1.24. The van der Waals surface area contributed by atoms with Gasteiger partial charge in [0, 0.05) is 5.69 Å². The first kappa shape index (κ1) is 14.9. The molecule has 1 aromatic carbocycles. The highest BCUT2D eigenvalue weighted by Crippen LogP contribution is 2.09. The van der Waals surface area contributed by atoms with E-state index in [0.717, 1.165) is 6.42 Å². The van der Waals surface area contributed by atoms with Crippen LogP contribution in [0.25, 0.3) is 0 Å². The van der Waals surface area contributed by atoms with Crippen molar-refractivity contribution in [1.29, 1.82) is 0 Å². The SMILES string of the molecule is CCCC(N)C(=O)Nc1cccc(F)c1.Cl. The predicted molar refractivity (Wildman–Crippen MR) is 65.2 cm³/mol. The molecule has 0 fully saturated rings. The van der Waals surface area contributed by atoms with Gasteiger partial charge in [0.15, 0.2) is 0 Å². The minimum absolute atomic E-state index is 0. The summed E-state index contributed by atoms with van der Waals surface area (Å²) >= 11 is 0. The molecule has 0 aliphatic carbocycles. The molecule has 1 aromatic rings. The van der Waals surface area contributed by atoms with Gasteiger partial charge in [-0.1, -0.05) is 19.4 Å². The summed E-state index contributed by atoms with van der Waals surface area (Å²) in [6.07, 6.45) is 1.47. The van der Waals surface area contributed by atoms with E-state index >= 15 is 0 Å². The standard InChI is InChI=1S/C11H15FN2O.ClH/c1-2-4-10(13)11(15)14-9-6-3-5-8(12)7-9;/h3,5-7,10H,2,4,13H2,1H3,(H,14,15);1H. The Hall–Kier alpha value is -1.13. The Bertz CT molecular complexity index is 347. The number of rotatable bonds is 4. The van der Waals surface area contributed by atoms with E-state index in [1.807, 2.05) is 6.92 Å². The van der Waals surface area contributed by atoms with E-state index in [4.69, 9.17) is 5.73 Å². The molecule has 3 nitrogen and oxygen atoms in total. The van der Waals surface area contributed by atoms with Crippen molar-refractivity contribution < 1.29 is 9.18 Å². The van der Waals surface area contributed by atoms with Gasteiger partial charge in [0.1, 0.15) is 5.82 Å². The molecule has 1 rings (SSSR count). The predicted octanol–water partition coefficient (Wildman–Crippen LogP) is 2.31. The van der Waals surface area contributed by atoms with Crippen LogP contribution < -0.4 is 11.1 Å². The number of benzene rings is 1. The van der Waals surface area contributed by atoms with Crippen LogP contribution in [0.2, 0.25) is 0 Å². The highest BCUT2D eigenvalue weighted by molar-refractivity contribution is 5.94. The smallest absolute Gasteiger partial charge is 0.241 e. The topological polar surface area (TPSA) is 55.1 Å². The van der Waals surface area contributed by atoms with Gasteiger partial charge < -0.3 is 11.1 Å². The second kappa shape index (κ2) is 7.19. The van der Waals surface area contributed by atoms with Crippen molar-refractivity contribution in [3.05, 3.63) is 30.1 Å². The highest BCUT2D eigenvalue weighted by atomic mass is 35.5. The average Bonchev–Trinajstić information content (AvgIpc) is 2.18. The summed E-state index contributed by atoms with van der Waals surface area (Å²) in [4.78, 5) is 11.5. The fraction of sp³-hybridized carbons (Fsp3) is 0.364. The van der Waals surface area contributed by atoms with E-state index in [1.165, 1.54) is 18.2 Å². The summed E-state index contributed by atoms with van der Waals surface area (Å²) in [7, 11) is 0. The Balaban J connectivity index is 0.00000225. The number of amides is 1. The van der Waals surface area contributed by atoms with Crippen molar-refractivity contribution >= 4 is 24.0 Å². The number of nitrogens with one attached hydrogen (secondary N) is 1. The lowest BCUT2D eigenvalue weighted by atomic mass is 10.1. The summed E-state index contributed by atoms with van der Waals surface area (Å²) < 4.78 is 12.8. The quantitative estimate of drug-likeness (QED) is 0.857. The normalized spacial score (nSPS) is 11.4. The number of halogens is 2. The molecular weight excluding hydrogens is 231 g/mol. The number of anilines is 1. The average molecular weight is 247 g/mol. The molecule has 0 saturated carbocycles. The number of nitrogens with two attached hydrogens (primary N) is 1. The van der Waals surface area contributed by atoms with Crippen LogP contribution >= 0.6 is 12.4 Å². The van der Waals surface area contributed by atoms with E-state index < -0.39 is 6.04 Å². The van der Waals surface area contributed by atoms with E-state index in [2.05, 4.69) is 5.32 Å². The maximum atomic E-state index is 12.8. The van der Waals surface area contributed by atoms with Crippen LogP contribution in [0.1, 0.15) is 19.8 Å². The Labute approximate surface area is 101 Å². The van der Waals surface area contributed by atoms with Gasteiger partial charge in [0.2, 0.25) is 5.91 Å². The number of hydrogen-bond acceptors (Lipinski definition) is 2. The van der Waals surface area contributed by atoms with Crippen molar-refractivity contribution in [1.82, 2.24) is 0 Å². The molecule has 1 unspecified atom stereocenters. The number of carbonyl (C=O) groups is 1. The summed E-state index contributed by atoms with van der Waals surface area (Å²) in [5.41, 5.74) is 6.04. The van der Waals surface area contributed by atoms with Gasteiger partial charge in [0.25, 0.3) is 0 Å². The Kier molecular flexibility index (Phi) is 6.69. The molecule has 3 N–H and O–H groups in total. The van der Waals surface area contributed by atoms with Crippen molar-refractivity contribution in [2.75, 3.05) is 5.32 Å². The Morgan fingerprint density at radius 1 is 1.56 bits per heavy atom. The zero-order valence-electron chi connectivity index (χ0n) is 9.07. The van der Waals surface area contributed by atoms with Crippen molar-refractivity contribution in [3.8, 4) is 0 Å². The number of carbonyl (C=O) groups excluding carboxylic acids is 1. The van der Waals surface area contributed by atoms with E-state index in [1.54, 1.807) is 6.07 Å². The highest BCUT2D eigenvalue weighted by Gasteiger charge is 2.12. The van der Waals surface area contributed by atoms with Crippen LogP contribution in [-0.2, 0) is 4.79 Å². The fourth-order valence-corrected chi connectivity index (χ4v) is 1.24. The van der Waals surface area contributed by atoms with Crippen LogP contribution in [0.4, 0.5) is 10.1 Å². The molecule has 90 valence electrons. The summed E-state index contributed by atoms with van der Waals surface area (Å²) in [6, 6.07) is 5.21. The lowest BCUT2D eigenvalue weighted by Crippen LogP contribution is -2.35. The maximum Gasteiger partial charge on any atom is 0.241 e. The van der Waals surface area contributed by atoms with Gasteiger partial charge >= 0.3 is 0 Å². The third-order valence-corrected chi connectivity index (χ3v) is 2.03. The van der Waals surface area contributed by atoms with Crippen LogP contribution in [0.5, 0.6) is 0 Å². The van der Waals surface area contributed by atoms with Crippen LogP contribution in [-0.4, -0.2) is 11.9 Å². The molecule has 16 heavy (non-hydrogen) atoms. The van der Waals surface area contributed by atoms with E-state index in [9.17, 15) is 9.18 Å². The molecular formula is C11H16ClFN2O. The largest absolute Gasteiger partial charge is 0.325 e. The van der Waals surface area contributed by atoms with E-state index in [-0.39, 0.29) is 24.1 Å². The third kappa shape index (κ3) is 4.59. The molecule has 0 aromatic heterocycles. The zero-order chi connectivity index (χ0) is 11.3. The molecule has 0 heterocycles. The van der Waals surface area contributed by atoms with Crippen LogP contribution in [0.3, 0.4) is 0 Å². The zero-order valence-corrected chi connectivity index (χ0v) is 9.89. The van der Waals surface area contributed by atoms with Gasteiger partial charge in [-0.15, -0.1) is 12.4 Å². The lowest BCUT2D eigenvalue weighted by Gasteiger charge is -2.10. The van der Waals surface area contributed by atoms with Gasteiger partial charge in [-0.3, -0.25) is 4.79 Å². The summed E-state index contributed by atoms with van der Waals surface area (Å²) in [5, 5.41) is 2.56. The minimum Gasteiger partial charge on any atom is -0.325 e. The van der Waals surface area contributed by atoms with Gasteiger partial charge in [-0.05, 0) is 24.6 Å². The second-order valence-corrected chi connectivity index (χ2v) is 3.39. The molecule has 0 bridgehead atoms. The first-order chi connectivity index (χ1) is 7.13. The first-order valence-corrected chi connectivity index (χ1v) is 4.95. The van der Waals surface area contributed by atoms with Crippen molar-refractivity contribution in [3.63, 3.8) is 0 Å². The monoisotopic (exact) mass is 246 g/mol. The third-order valence-electron chi connectivity index (χ3n) is 2.03. The minimum atomic E-state index is -0.529. The molecule has 5 heteroatoms. The molecule has 1 amide bonds. The maximum absolute atomic E-state index is 12.8. The molecule has 1 atom stereocenters. The molecule has 0 spiro atoms. The lowest BCUT2D eigenvalue weighted by molar-refractivity contribution is -0.117. The van der Waals surface area contributed by atoms with Crippen LogP contribution in [0.15, 0.2) is 24.3 Å². The molecule has 0 saturated heterocycles. The van der Waals surface area contributed by atoms with E-state index in [0.29, 0.717) is 12.1 Å². The first-order valence-electron chi connectivity index (χ1n) is 4.95. The summed E-state index contributed by atoms with van der Waals surface area (Å²) in [6.45, 7) is 1.95. The molecule has 0 aliphatic heterocycles. The molecule has 0 radical (unpaired) electrons. The van der Waals surface area contributed by atoms with Crippen molar-refractivity contribution in [2.45, 2.75) is 25.8 Å². The van der Waals surface area contributed by atoms with Gasteiger partial charge in [0.05, 0.1) is 6.04 Å².